The van der Waals surface area contributed by atoms with Gasteiger partial charge in [0.15, 0.2) is 0 Å². The molecule has 14 heavy (non-hydrogen) atoms. The highest BCUT2D eigenvalue weighted by molar-refractivity contribution is 7.89. The number of nitrogens with zero attached hydrogens (tertiary/aromatic N) is 1. The molecule has 5 nitrogen and oxygen atoms in total. The van der Waals surface area contributed by atoms with Crippen molar-refractivity contribution in [3.63, 3.8) is 0 Å². The quantitative estimate of drug-likeness (QED) is 0.532. The first-order valence-electron chi connectivity index (χ1n) is 3.74. The lowest BCUT2D eigenvalue weighted by molar-refractivity contribution is 0.584. The fourth-order valence-corrected chi connectivity index (χ4v) is 1.61. The maximum absolute atomic E-state index is 11.2. The van der Waals surface area contributed by atoms with Gasteiger partial charge in [-0.25, -0.2) is 8.42 Å². The minimum absolute atomic E-state index is 0.0119. The number of hydrogen-bond acceptors (Lipinski definition) is 4. The van der Waals surface area contributed by atoms with Crippen LogP contribution in [-0.2, 0) is 10.0 Å². The van der Waals surface area contributed by atoms with Gasteiger partial charge in [0.1, 0.15) is 0 Å². The number of nitrogens with one attached hydrogen (secondary N) is 1. The topological polar surface area (TPSA) is 96.0 Å². The average molecular weight is 211 g/mol. The van der Waals surface area contributed by atoms with Crippen molar-refractivity contribution in [1.82, 2.24) is 4.83 Å². The highest BCUT2D eigenvalue weighted by Gasteiger charge is 2.12. The van der Waals surface area contributed by atoms with E-state index in [1.807, 2.05) is 6.07 Å². The third kappa shape index (κ3) is 1.90. The Morgan fingerprint density at radius 2 is 2.14 bits per heavy atom. The molecule has 0 radical (unpaired) electrons. The van der Waals surface area contributed by atoms with E-state index >= 15 is 0 Å². The number of sulfonamides is 1. The molecule has 1 aromatic rings. The Morgan fingerprint density at radius 1 is 1.50 bits per heavy atom. The summed E-state index contributed by atoms with van der Waals surface area (Å²) in [5.74, 6) is 4.85. The van der Waals surface area contributed by atoms with E-state index in [2.05, 4.69) is 0 Å². The van der Waals surface area contributed by atoms with Crippen molar-refractivity contribution < 1.29 is 8.42 Å². The minimum Gasteiger partial charge on any atom is -0.257 e. The van der Waals surface area contributed by atoms with Crippen molar-refractivity contribution in [3.05, 3.63) is 29.3 Å². The number of hydrogen-bond donors (Lipinski definition) is 2. The van der Waals surface area contributed by atoms with Crippen molar-refractivity contribution >= 4 is 10.0 Å². The van der Waals surface area contributed by atoms with Gasteiger partial charge in [-0.15, -0.1) is 0 Å². The number of hydrazine groups is 1. The molecule has 0 atom stereocenters. The summed E-state index contributed by atoms with van der Waals surface area (Å²) in [6.45, 7) is 1.73. The van der Waals surface area contributed by atoms with Gasteiger partial charge in [-0.2, -0.15) is 10.1 Å². The molecule has 0 aliphatic rings. The van der Waals surface area contributed by atoms with Crippen molar-refractivity contribution in [1.29, 1.82) is 5.26 Å². The van der Waals surface area contributed by atoms with Crippen molar-refractivity contribution in [2.75, 3.05) is 0 Å². The number of nitrogens with two attached hydrogens (primary N) is 1. The number of rotatable bonds is 2. The minimum atomic E-state index is -3.67. The van der Waals surface area contributed by atoms with Gasteiger partial charge < -0.3 is 0 Å². The maximum atomic E-state index is 11.2. The standard InChI is InChI=1S/C8H9N3O2S/c1-6-2-3-8(4-7(6)5-9)14(12,13)11-10/h2-4,11H,10H2,1H3. The van der Waals surface area contributed by atoms with Gasteiger partial charge in [-0.1, -0.05) is 6.07 Å². The molecule has 0 unspecified atom stereocenters. The molecule has 0 saturated carbocycles. The largest absolute Gasteiger partial charge is 0.257 e. The van der Waals surface area contributed by atoms with Gasteiger partial charge in [0.2, 0.25) is 0 Å². The first-order valence-corrected chi connectivity index (χ1v) is 5.23. The van der Waals surface area contributed by atoms with Gasteiger partial charge >= 0.3 is 0 Å². The highest BCUT2D eigenvalue weighted by atomic mass is 32.2. The van der Waals surface area contributed by atoms with Crippen LogP contribution in [0.15, 0.2) is 23.1 Å². The van der Waals surface area contributed by atoms with E-state index in [9.17, 15) is 8.42 Å². The van der Waals surface area contributed by atoms with Crippen LogP contribution in [0.1, 0.15) is 11.1 Å². The Kier molecular flexibility index (Phi) is 2.86. The molecular formula is C8H9N3O2S. The van der Waals surface area contributed by atoms with Gasteiger partial charge in [-0.3, -0.25) is 5.84 Å². The second kappa shape index (κ2) is 3.75. The average Bonchev–Trinajstić information content (AvgIpc) is 2.18. The van der Waals surface area contributed by atoms with Crippen LogP contribution in [0.5, 0.6) is 0 Å². The summed E-state index contributed by atoms with van der Waals surface area (Å²) in [6.07, 6.45) is 0. The van der Waals surface area contributed by atoms with E-state index in [0.29, 0.717) is 5.56 Å². The third-order valence-electron chi connectivity index (χ3n) is 1.79. The monoisotopic (exact) mass is 211 g/mol. The smallest absolute Gasteiger partial charge is 0.253 e. The van der Waals surface area contributed by atoms with E-state index in [4.69, 9.17) is 11.1 Å². The fraction of sp³-hybridized carbons (Fsp3) is 0.125. The van der Waals surface area contributed by atoms with Crippen LogP contribution in [0.2, 0.25) is 0 Å². The third-order valence-corrected chi connectivity index (χ3v) is 2.98. The highest BCUT2D eigenvalue weighted by Crippen LogP contribution is 2.13. The van der Waals surface area contributed by atoms with Crippen molar-refractivity contribution in [3.8, 4) is 6.07 Å². The number of benzene rings is 1. The molecule has 0 amide bonds. The Morgan fingerprint density at radius 3 is 2.64 bits per heavy atom. The van der Waals surface area contributed by atoms with Gasteiger partial charge in [0.05, 0.1) is 16.5 Å². The fourth-order valence-electron chi connectivity index (χ4n) is 0.957. The second-order valence-electron chi connectivity index (χ2n) is 2.71. The van der Waals surface area contributed by atoms with E-state index < -0.39 is 10.0 Å². The summed E-state index contributed by atoms with van der Waals surface area (Å²) >= 11 is 0. The molecule has 0 saturated heterocycles. The first-order chi connectivity index (χ1) is 6.51. The molecule has 1 rings (SSSR count). The predicted molar refractivity (Wildman–Crippen MR) is 50.4 cm³/mol. The molecule has 3 N–H and O–H groups in total. The summed E-state index contributed by atoms with van der Waals surface area (Å²) < 4.78 is 22.5. The Labute approximate surface area is 82.2 Å². The summed E-state index contributed by atoms with van der Waals surface area (Å²) in [4.78, 5) is 1.68. The van der Waals surface area contributed by atoms with Gasteiger partial charge in [0.25, 0.3) is 10.0 Å². The zero-order valence-corrected chi connectivity index (χ0v) is 8.30. The molecule has 1 aromatic carbocycles. The summed E-state index contributed by atoms with van der Waals surface area (Å²) in [5.41, 5.74) is 1.05. The molecule has 0 aromatic heterocycles. The van der Waals surface area contributed by atoms with Crippen molar-refractivity contribution in [2.24, 2.45) is 5.84 Å². The van der Waals surface area contributed by atoms with Crippen LogP contribution >= 0.6 is 0 Å². The zero-order chi connectivity index (χ0) is 10.8. The summed E-state index contributed by atoms with van der Waals surface area (Å²) in [7, 11) is -3.67. The van der Waals surface area contributed by atoms with Gasteiger partial charge in [0, 0.05) is 0 Å². The SMILES string of the molecule is Cc1ccc(S(=O)(=O)NN)cc1C#N. The number of nitriles is 1. The molecule has 6 heteroatoms. The van der Waals surface area contributed by atoms with Crippen molar-refractivity contribution in [2.45, 2.75) is 11.8 Å². The van der Waals surface area contributed by atoms with Crippen LogP contribution in [-0.4, -0.2) is 8.42 Å². The molecule has 0 aliphatic heterocycles. The van der Waals surface area contributed by atoms with E-state index in [0.717, 1.165) is 5.56 Å². The second-order valence-corrected chi connectivity index (χ2v) is 4.42. The molecule has 0 aliphatic carbocycles. The van der Waals surface area contributed by atoms with Crippen LogP contribution in [0.3, 0.4) is 0 Å². The molecule has 0 fully saturated rings. The number of aryl methyl sites for hydroxylation is 1. The lowest BCUT2D eigenvalue weighted by Crippen LogP contribution is -2.30. The lowest BCUT2D eigenvalue weighted by Gasteiger charge is -2.03. The summed E-state index contributed by atoms with van der Waals surface area (Å²) in [6, 6.07) is 6.13. The van der Waals surface area contributed by atoms with Gasteiger partial charge in [-0.05, 0) is 24.6 Å². The Balaban J connectivity index is 3.36. The zero-order valence-electron chi connectivity index (χ0n) is 7.48. The Bertz CT molecular complexity index is 488. The van der Waals surface area contributed by atoms with E-state index in [-0.39, 0.29) is 4.90 Å². The first kappa shape index (κ1) is 10.7. The Hall–Kier alpha value is -1.42. The maximum Gasteiger partial charge on any atom is 0.253 e. The molecule has 0 bridgehead atoms. The lowest BCUT2D eigenvalue weighted by atomic mass is 10.1. The van der Waals surface area contributed by atoms with Crippen LogP contribution in [0.25, 0.3) is 0 Å². The summed E-state index contributed by atoms with van der Waals surface area (Å²) in [5, 5.41) is 8.68. The predicted octanol–water partition coefficient (Wildman–Crippen LogP) is 0.0187. The van der Waals surface area contributed by atoms with E-state index in [1.54, 1.807) is 17.8 Å². The van der Waals surface area contributed by atoms with E-state index in [1.165, 1.54) is 12.1 Å². The molecule has 0 spiro atoms. The van der Waals surface area contributed by atoms with Crippen LogP contribution in [0.4, 0.5) is 0 Å². The van der Waals surface area contributed by atoms with Crippen LogP contribution in [0, 0.1) is 18.3 Å². The molecular weight excluding hydrogens is 202 g/mol. The molecule has 0 heterocycles. The molecule has 74 valence electrons. The van der Waals surface area contributed by atoms with Crippen LogP contribution < -0.4 is 10.7 Å². The normalized spacial score (nSPS) is 10.9.